The van der Waals surface area contributed by atoms with Crippen LogP contribution in [0.2, 0.25) is 0 Å². The Balaban J connectivity index is 1.55. The monoisotopic (exact) mass is 428 g/mol. The summed E-state index contributed by atoms with van der Waals surface area (Å²) in [5.74, 6) is -0.432. The summed E-state index contributed by atoms with van der Waals surface area (Å²) in [7, 11) is 0. The van der Waals surface area contributed by atoms with Crippen molar-refractivity contribution < 1.29 is 27.4 Å². The standard InChI is InChI=1S/C23H19F3N2O3/c1-14-9-18(17-6-3-15(2)28(30)13-17)10-19-12-27(22(29)21(14)19)11-16-4-7-20(8-5-16)31-23(24,25)26/h3-10,13H,11-12H2,1-2H3. The van der Waals surface area contributed by atoms with E-state index in [1.165, 1.54) is 30.5 Å². The Morgan fingerprint density at radius 3 is 2.42 bits per heavy atom. The number of hydrogen-bond acceptors (Lipinski definition) is 3. The summed E-state index contributed by atoms with van der Waals surface area (Å²) in [6, 6.07) is 12.9. The van der Waals surface area contributed by atoms with E-state index in [1.807, 2.05) is 25.1 Å². The van der Waals surface area contributed by atoms with Gasteiger partial charge in [-0.2, -0.15) is 4.73 Å². The van der Waals surface area contributed by atoms with Crippen LogP contribution in [0.4, 0.5) is 13.2 Å². The first-order valence-electron chi connectivity index (χ1n) is 9.58. The van der Waals surface area contributed by atoms with Crippen LogP contribution in [0.15, 0.2) is 54.7 Å². The van der Waals surface area contributed by atoms with Crippen molar-refractivity contribution in [1.82, 2.24) is 4.90 Å². The highest BCUT2D eigenvalue weighted by molar-refractivity contribution is 6.00. The van der Waals surface area contributed by atoms with Gasteiger partial charge < -0.3 is 14.8 Å². The van der Waals surface area contributed by atoms with Crippen LogP contribution in [0.1, 0.15) is 32.7 Å². The maximum Gasteiger partial charge on any atom is 0.573 e. The average Bonchev–Trinajstić information content (AvgIpc) is 3.00. The second kappa shape index (κ2) is 7.61. The number of carbonyl (C=O) groups excluding carboxylic acids is 1. The van der Waals surface area contributed by atoms with E-state index in [0.717, 1.165) is 27.0 Å². The van der Waals surface area contributed by atoms with Gasteiger partial charge in [-0.15, -0.1) is 13.2 Å². The highest BCUT2D eigenvalue weighted by atomic mass is 19.4. The van der Waals surface area contributed by atoms with Gasteiger partial charge in [0.05, 0.1) is 0 Å². The van der Waals surface area contributed by atoms with E-state index in [0.29, 0.717) is 23.4 Å². The van der Waals surface area contributed by atoms with Crippen molar-refractivity contribution in [3.05, 3.63) is 87.9 Å². The van der Waals surface area contributed by atoms with Gasteiger partial charge in [0.2, 0.25) is 0 Å². The molecule has 1 aromatic heterocycles. The lowest BCUT2D eigenvalue weighted by molar-refractivity contribution is -0.611. The molecule has 0 N–H and O–H groups in total. The third-order valence-electron chi connectivity index (χ3n) is 5.25. The molecule has 8 heteroatoms. The minimum Gasteiger partial charge on any atom is -0.618 e. The number of fused-ring (bicyclic) bond motifs is 1. The Hall–Kier alpha value is -3.55. The Morgan fingerprint density at radius 1 is 1.06 bits per heavy atom. The topological polar surface area (TPSA) is 56.5 Å². The number of rotatable bonds is 4. The number of aryl methyl sites for hydroxylation is 2. The predicted octanol–water partition coefficient (Wildman–Crippen LogP) is 4.66. The molecule has 31 heavy (non-hydrogen) atoms. The zero-order valence-electron chi connectivity index (χ0n) is 16.9. The van der Waals surface area contributed by atoms with Crippen molar-refractivity contribution in [2.24, 2.45) is 0 Å². The maximum absolute atomic E-state index is 12.9. The Bertz CT molecular complexity index is 1160. The number of halogens is 3. The number of aromatic nitrogens is 1. The number of benzene rings is 2. The SMILES string of the molecule is Cc1cc(-c2ccc(C)[n+]([O-])c2)cc2c1C(=O)N(Cc1ccc(OC(F)(F)F)cc1)C2. The summed E-state index contributed by atoms with van der Waals surface area (Å²) in [6.45, 7) is 4.22. The van der Waals surface area contributed by atoms with Crippen molar-refractivity contribution in [2.75, 3.05) is 0 Å². The molecule has 2 aromatic carbocycles. The molecule has 0 fully saturated rings. The number of alkyl halides is 3. The van der Waals surface area contributed by atoms with Gasteiger partial charge >= 0.3 is 6.36 Å². The quantitative estimate of drug-likeness (QED) is 0.449. The van der Waals surface area contributed by atoms with E-state index >= 15 is 0 Å². The van der Waals surface area contributed by atoms with Crippen molar-refractivity contribution in [2.45, 2.75) is 33.3 Å². The Kier molecular flexibility index (Phi) is 5.08. The molecule has 160 valence electrons. The van der Waals surface area contributed by atoms with E-state index in [4.69, 9.17) is 0 Å². The van der Waals surface area contributed by atoms with Gasteiger partial charge in [-0.1, -0.05) is 18.2 Å². The highest BCUT2D eigenvalue weighted by Crippen LogP contribution is 2.32. The fraction of sp³-hybridized carbons (Fsp3) is 0.217. The molecular weight excluding hydrogens is 409 g/mol. The first-order chi connectivity index (χ1) is 14.6. The molecular formula is C23H19F3N2O3. The minimum absolute atomic E-state index is 0.127. The zero-order chi connectivity index (χ0) is 22.3. The smallest absolute Gasteiger partial charge is 0.573 e. The molecule has 1 amide bonds. The van der Waals surface area contributed by atoms with E-state index in [2.05, 4.69) is 4.74 Å². The normalized spacial score (nSPS) is 13.5. The number of pyridine rings is 1. The molecule has 1 aliphatic rings. The fourth-order valence-electron chi connectivity index (χ4n) is 3.76. The molecule has 5 nitrogen and oxygen atoms in total. The van der Waals surface area contributed by atoms with Crippen molar-refractivity contribution >= 4 is 5.91 Å². The number of carbonyl (C=O) groups is 1. The molecule has 0 radical (unpaired) electrons. The molecule has 0 atom stereocenters. The lowest BCUT2D eigenvalue weighted by Crippen LogP contribution is -2.29. The van der Waals surface area contributed by atoms with Gasteiger partial charge in [-0.3, -0.25) is 4.79 Å². The van der Waals surface area contributed by atoms with Crippen molar-refractivity contribution in [3.63, 3.8) is 0 Å². The van der Waals surface area contributed by atoms with Gasteiger partial charge in [0.15, 0.2) is 11.9 Å². The maximum atomic E-state index is 12.9. The molecule has 4 rings (SSSR count). The molecule has 0 saturated heterocycles. The Morgan fingerprint density at radius 2 is 1.77 bits per heavy atom. The lowest BCUT2D eigenvalue weighted by atomic mass is 9.97. The predicted molar refractivity (Wildman–Crippen MR) is 107 cm³/mol. The van der Waals surface area contributed by atoms with Crippen molar-refractivity contribution in [1.29, 1.82) is 0 Å². The third-order valence-corrected chi connectivity index (χ3v) is 5.25. The first kappa shape index (κ1) is 20.7. The number of amides is 1. The van der Waals surface area contributed by atoms with E-state index < -0.39 is 6.36 Å². The van der Waals surface area contributed by atoms with Crippen LogP contribution in [-0.2, 0) is 13.1 Å². The van der Waals surface area contributed by atoms with Crippen LogP contribution < -0.4 is 9.47 Å². The molecule has 0 unspecified atom stereocenters. The van der Waals surface area contributed by atoms with Crippen LogP contribution >= 0.6 is 0 Å². The van der Waals surface area contributed by atoms with Gasteiger partial charge in [0.1, 0.15) is 5.75 Å². The van der Waals surface area contributed by atoms with Gasteiger partial charge in [0.25, 0.3) is 5.91 Å². The molecule has 0 saturated carbocycles. The van der Waals surface area contributed by atoms with Gasteiger partial charge in [0, 0.05) is 37.2 Å². The summed E-state index contributed by atoms with van der Waals surface area (Å²) in [4.78, 5) is 14.6. The summed E-state index contributed by atoms with van der Waals surface area (Å²) < 4.78 is 41.6. The largest absolute Gasteiger partial charge is 0.618 e. The van der Waals surface area contributed by atoms with Gasteiger partial charge in [-0.05, 0) is 53.4 Å². The first-order valence-corrected chi connectivity index (χ1v) is 9.58. The molecule has 2 heterocycles. The number of ether oxygens (including phenoxy) is 1. The number of nitrogens with zero attached hydrogens (tertiary/aromatic N) is 2. The van der Waals surface area contributed by atoms with Crippen LogP contribution in [0.3, 0.4) is 0 Å². The fourth-order valence-corrected chi connectivity index (χ4v) is 3.76. The molecule has 0 aliphatic carbocycles. The zero-order valence-corrected chi connectivity index (χ0v) is 16.9. The second-order valence-electron chi connectivity index (χ2n) is 7.57. The van der Waals surface area contributed by atoms with Crippen LogP contribution in [-0.4, -0.2) is 17.2 Å². The molecule has 3 aromatic rings. The van der Waals surface area contributed by atoms with E-state index in [1.54, 1.807) is 17.9 Å². The summed E-state index contributed by atoms with van der Waals surface area (Å²) in [5.41, 5.74) is 5.20. The highest BCUT2D eigenvalue weighted by Gasteiger charge is 2.32. The summed E-state index contributed by atoms with van der Waals surface area (Å²) in [5, 5.41) is 11.9. The van der Waals surface area contributed by atoms with Crippen LogP contribution in [0, 0.1) is 19.1 Å². The second-order valence-corrected chi connectivity index (χ2v) is 7.57. The average molecular weight is 428 g/mol. The van der Waals surface area contributed by atoms with Crippen molar-refractivity contribution in [3.8, 4) is 16.9 Å². The lowest BCUT2D eigenvalue weighted by Gasteiger charge is -2.16. The van der Waals surface area contributed by atoms with E-state index in [9.17, 15) is 23.2 Å². The third kappa shape index (κ3) is 4.33. The molecule has 0 bridgehead atoms. The van der Waals surface area contributed by atoms with E-state index in [-0.39, 0.29) is 18.2 Å². The van der Waals surface area contributed by atoms with Crippen LogP contribution in [0.25, 0.3) is 11.1 Å². The summed E-state index contributed by atoms with van der Waals surface area (Å²) >= 11 is 0. The van der Waals surface area contributed by atoms with Crippen LogP contribution in [0.5, 0.6) is 5.75 Å². The molecule has 1 aliphatic heterocycles. The minimum atomic E-state index is -4.74. The Labute approximate surface area is 176 Å². The summed E-state index contributed by atoms with van der Waals surface area (Å²) in [6.07, 6.45) is -3.23. The molecule has 0 spiro atoms. The number of hydrogen-bond donors (Lipinski definition) is 0. The van der Waals surface area contributed by atoms with Gasteiger partial charge in [-0.25, -0.2) is 0 Å².